The van der Waals surface area contributed by atoms with Crippen LogP contribution < -0.4 is 5.32 Å². The number of benzene rings is 1. The number of unbranched alkanes of at least 4 members (excludes halogenated alkanes) is 1. The number of nitrogens with one attached hydrogen (secondary N) is 1. The van der Waals surface area contributed by atoms with E-state index in [-0.39, 0.29) is 5.56 Å². The molecule has 0 saturated carbocycles. The van der Waals surface area contributed by atoms with Gasteiger partial charge in [-0.15, -0.1) is 12.3 Å². The molecule has 4 heteroatoms. The van der Waals surface area contributed by atoms with Gasteiger partial charge in [-0.25, -0.2) is 4.79 Å². The number of aromatic carboxylic acids is 1. The Morgan fingerprint density at radius 3 is 2.94 bits per heavy atom. The Kier molecular flexibility index (Phi) is 4.68. The molecule has 0 unspecified atom stereocenters. The molecule has 0 amide bonds. The molecule has 1 aromatic carbocycles. The lowest BCUT2D eigenvalue weighted by Crippen LogP contribution is -2.07. The number of rotatable bonds is 5. The molecule has 3 nitrogen and oxygen atoms in total. The van der Waals surface area contributed by atoms with E-state index in [1.165, 1.54) is 6.07 Å². The Balaban J connectivity index is 2.72. The molecular weight excluding hydrogens is 226 g/mol. The molecule has 1 rings (SSSR count). The number of carboxylic acids is 1. The van der Waals surface area contributed by atoms with E-state index in [0.717, 1.165) is 6.42 Å². The summed E-state index contributed by atoms with van der Waals surface area (Å²) >= 11 is 5.73. The number of anilines is 1. The number of terminal acetylenes is 1. The lowest BCUT2D eigenvalue weighted by Gasteiger charge is -2.08. The molecule has 0 aromatic heterocycles. The summed E-state index contributed by atoms with van der Waals surface area (Å²) in [7, 11) is 0. The SMILES string of the molecule is C#CCCCNc1ccc(Cl)cc1C(=O)O. The molecule has 2 N–H and O–H groups in total. The lowest BCUT2D eigenvalue weighted by atomic mass is 10.1. The highest BCUT2D eigenvalue weighted by Gasteiger charge is 2.09. The molecule has 0 aliphatic carbocycles. The number of carbonyl (C=O) groups is 1. The van der Waals surface area contributed by atoms with E-state index in [0.29, 0.717) is 23.7 Å². The normalized spacial score (nSPS) is 9.50. The average molecular weight is 238 g/mol. The maximum atomic E-state index is 10.9. The molecule has 0 fully saturated rings. The van der Waals surface area contributed by atoms with E-state index in [2.05, 4.69) is 11.2 Å². The fourth-order valence-corrected chi connectivity index (χ4v) is 1.43. The third kappa shape index (κ3) is 3.48. The van der Waals surface area contributed by atoms with Gasteiger partial charge in [0.25, 0.3) is 0 Å². The average Bonchev–Trinajstić information content (AvgIpc) is 2.26. The standard InChI is InChI=1S/C12H12ClNO2/c1-2-3-4-7-14-11-6-5-9(13)8-10(11)12(15)16/h1,5-6,8,14H,3-4,7H2,(H,15,16). The third-order valence-electron chi connectivity index (χ3n) is 2.03. The maximum Gasteiger partial charge on any atom is 0.337 e. The van der Waals surface area contributed by atoms with Crippen LogP contribution in [0.4, 0.5) is 5.69 Å². The Morgan fingerprint density at radius 2 is 2.31 bits per heavy atom. The predicted molar refractivity (Wildman–Crippen MR) is 65.0 cm³/mol. The summed E-state index contributed by atoms with van der Waals surface area (Å²) in [5.41, 5.74) is 0.738. The lowest BCUT2D eigenvalue weighted by molar-refractivity contribution is 0.0698. The largest absolute Gasteiger partial charge is 0.478 e. The van der Waals surface area contributed by atoms with Crippen LogP contribution in [0.1, 0.15) is 23.2 Å². The van der Waals surface area contributed by atoms with E-state index in [9.17, 15) is 4.79 Å². The Labute approximate surface area is 99.4 Å². The Bertz CT molecular complexity index is 424. The van der Waals surface area contributed by atoms with Gasteiger partial charge in [-0.3, -0.25) is 0 Å². The molecular formula is C12H12ClNO2. The van der Waals surface area contributed by atoms with Crippen LogP contribution >= 0.6 is 11.6 Å². The summed E-state index contributed by atoms with van der Waals surface area (Å²) in [6.45, 7) is 0.645. The van der Waals surface area contributed by atoms with Gasteiger partial charge in [0, 0.05) is 23.7 Å². The van der Waals surface area contributed by atoms with Crippen LogP contribution in [0.2, 0.25) is 5.02 Å². The van der Waals surface area contributed by atoms with Crippen molar-refractivity contribution in [1.29, 1.82) is 0 Å². The van der Waals surface area contributed by atoms with Gasteiger partial charge in [0.15, 0.2) is 0 Å². The minimum absolute atomic E-state index is 0.174. The van der Waals surface area contributed by atoms with E-state index < -0.39 is 5.97 Å². The van der Waals surface area contributed by atoms with E-state index in [1.807, 2.05) is 0 Å². The fraction of sp³-hybridized carbons (Fsp3) is 0.250. The van der Waals surface area contributed by atoms with Gasteiger partial charge < -0.3 is 10.4 Å². The molecule has 1 aromatic rings. The van der Waals surface area contributed by atoms with Crippen molar-refractivity contribution in [1.82, 2.24) is 0 Å². The summed E-state index contributed by atoms with van der Waals surface area (Å²) in [4.78, 5) is 10.9. The predicted octanol–water partition coefficient (Wildman–Crippen LogP) is 2.86. The zero-order chi connectivity index (χ0) is 12.0. The number of hydrogen-bond acceptors (Lipinski definition) is 2. The first-order chi connectivity index (χ1) is 7.65. The smallest absolute Gasteiger partial charge is 0.337 e. The second-order valence-electron chi connectivity index (χ2n) is 3.23. The Morgan fingerprint density at radius 1 is 1.56 bits per heavy atom. The highest BCUT2D eigenvalue weighted by molar-refractivity contribution is 6.31. The van der Waals surface area contributed by atoms with Crippen LogP contribution in [0.3, 0.4) is 0 Å². The molecule has 0 radical (unpaired) electrons. The zero-order valence-electron chi connectivity index (χ0n) is 8.66. The van der Waals surface area contributed by atoms with Gasteiger partial charge in [0.2, 0.25) is 0 Å². The van der Waals surface area contributed by atoms with Gasteiger partial charge in [-0.2, -0.15) is 0 Å². The van der Waals surface area contributed by atoms with Crippen LogP contribution in [-0.4, -0.2) is 17.6 Å². The van der Waals surface area contributed by atoms with Crippen LogP contribution in [0.25, 0.3) is 0 Å². The van der Waals surface area contributed by atoms with Crippen molar-refractivity contribution < 1.29 is 9.90 Å². The van der Waals surface area contributed by atoms with Gasteiger partial charge in [0.05, 0.1) is 5.56 Å². The van der Waals surface area contributed by atoms with Crippen LogP contribution in [0.15, 0.2) is 18.2 Å². The van der Waals surface area contributed by atoms with Gasteiger partial charge in [0.1, 0.15) is 0 Å². The molecule has 0 aliphatic heterocycles. The highest BCUT2D eigenvalue weighted by atomic mass is 35.5. The molecule has 0 bridgehead atoms. The van der Waals surface area contributed by atoms with Crippen LogP contribution in [-0.2, 0) is 0 Å². The second kappa shape index (κ2) is 6.04. The molecule has 84 valence electrons. The van der Waals surface area contributed by atoms with E-state index in [1.54, 1.807) is 12.1 Å². The van der Waals surface area contributed by atoms with Crippen molar-refractivity contribution >= 4 is 23.3 Å². The Hall–Kier alpha value is -1.66. The molecule has 0 aliphatic rings. The van der Waals surface area contributed by atoms with Gasteiger partial charge >= 0.3 is 5.97 Å². The molecule has 0 heterocycles. The van der Waals surface area contributed by atoms with Gasteiger partial charge in [-0.1, -0.05) is 11.6 Å². The summed E-state index contributed by atoms with van der Waals surface area (Å²) < 4.78 is 0. The monoisotopic (exact) mass is 237 g/mol. The number of carboxylic acid groups (broad SMARTS) is 1. The minimum Gasteiger partial charge on any atom is -0.478 e. The number of hydrogen-bond donors (Lipinski definition) is 2. The number of halogens is 1. The van der Waals surface area contributed by atoms with Crippen molar-refractivity contribution in [2.75, 3.05) is 11.9 Å². The maximum absolute atomic E-state index is 10.9. The quantitative estimate of drug-likeness (QED) is 0.612. The molecule has 0 saturated heterocycles. The van der Waals surface area contributed by atoms with Crippen molar-refractivity contribution in [3.63, 3.8) is 0 Å². The van der Waals surface area contributed by atoms with Crippen molar-refractivity contribution in [3.8, 4) is 12.3 Å². The van der Waals surface area contributed by atoms with Crippen molar-refractivity contribution in [2.24, 2.45) is 0 Å². The van der Waals surface area contributed by atoms with Crippen molar-refractivity contribution in [2.45, 2.75) is 12.8 Å². The van der Waals surface area contributed by atoms with E-state index in [4.69, 9.17) is 23.1 Å². The molecule has 0 spiro atoms. The topological polar surface area (TPSA) is 49.3 Å². The first-order valence-corrected chi connectivity index (χ1v) is 5.23. The minimum atomic E-state index is -0.998. The molecule has 16 heavy (non-hydrogen) atoms. The first kappa shape index (κ1) is 12.4. The second-order valence-corrected chi connectivity index (χ2v) is 3.67. The van der Waals surface area contributed by atoms with Crippen LogP contribution in [0.5, 0.6) is 0 Å². The first-order valence-electron chi connectivity index (χ1n) is 4.85. The summed E-state index contributed by atoms with van der Waals surface area (Å²) in [6.07, 6.45) is 6.59. The van der Waals surface area contributed by atoms with E-state index >= 15 is 0 Å². The summed E-state index contributed by atoms with van der Waals surface area (Å²) in [5, 5.41) is 12.4. The molecule has 0 atom stereocenters. The van der Waals surface area contributed by atoms with Crippen LogP contribution in [0, 0.1) is 12.3 Å². The fourth-order valence-electron chi connectivity index (χ4n) is 1.26. The highest BCUT2D eigenvalue weighted by Crippen LogP contribution is 2.20. The van der Waals surface area contributed by atoms with Gasteiger partial charge in [-0.05, 0) is 24.6 Å². The summed E-state index contributed by atoms with van der Waals surface area (Å²) in [5.74, 6) is 1.52. The van der Waals surface area contributed by atoms with Crippen molar-refractivity contribution in [3.05, 3.63) is 28.8 Å². The third-order valence-corrected chi connectivity index (χ3v) is 2.26. The zero-order valence-corrected chi connectivity index (χ0v) is 9.42. The summed E-state index contributed by atoms with van der Waals surface area (Å²) in [6, 6.07) is 4.73.